The van der Waals surface area contributed by atoms with E-state index >= 15 is 0 Å². The van der Waals surface area contributed by atoms with Crippen molar-refractivity contribution in [3.05, 3.63) is 70.7 Å². The molecule has 0 aliphatic heterocycles. The van der Waals surface area contributed by atoms with Gasteiger partial charge < -0.3 is 4.74 Å². The van der Waals surface area contributed by atoms with Crippen LogP contribution in [0.5, 0.6) is 5.75 Å². The molecule has 0 atom stereocenters. The molecule has 0 unspecified atom stereocenters. The average Bonchev–Trinajstić information content (AvgIpc) is 3.03. The van der Waals surface area contributed by atoms with E-state index in [9.17, 15) is 0 Å². The fourth-order valence-electron chi connectivity index (χ4n) is 2.47. The number of benzene rings is 2. The quantitative estimate of drug-likeness (QED) is 0.371. The van der Waals surface area contributed by atoms with Gasteiger partial charge in [0.25, 0.3) is 0 Å². The second-order valence-corrected chi connectivity index (χ2v) is 7.26. The van der Waals surface area contributed by atoms with Crippen molar-refractivity contribution >= 4 is 35.0 Å². The predicted molar refractivity (Wildman–Crippen MR) is 108 cm³/mol. The lowest BCUT2D eigenvalue weighted by Gasteiger charge is -2.09. The lowest BCUT2D eigenvalue weighted by atomic mass is 10.2. The van der Waals surface area contributed by atoms with Crippen LogP contribution in [0, 0.1) is 0 Å². The van der Waals surface area contributed by atoms with Crippen LogP contribution < -0.4 is 4.74 Å². The Balaban J connectivity index is 1.88. The Kier molecular flexibility index (Phi) is 6.25. The minimum atomic E-state index is 0.541. The van der Waals surface area contributed by atoms with E-state index in [2.05, 4.69) is 22.8 Å². The first kappa shape index (κ1) is 18.8. The summed E-state index contributed by atoms with van der Waals surface area (Å²) in [5.74, 6) is 2.28. The highest BCUT2D eigenvalue weighted by molar-refractivity contribution is 7.98. The van der Waals surface area contributed by atoms with Gasteiger partial charge in [-0.05, 0) is 35.9 Å². The second-order valence-electron chi connectivity index (χ2n) is 5.47. The van der Waals surface area contributed by atoms with Crippen LogP contribution in [0.1, 0.15) is 5.56 Å². The number of methoxy groups -OCH3 is 1. The van der Waals surface area contributed by atoms with Crippen molar-refractivity contribution < 1.29 is 4.74 Å². The molecule has 26 heavy (non-hydrogen) atoms. The van der Waals surface area contributed by atoms with Crippen molar-refractivity contribution in [3.8, 4) is 17.1 Å². The lowest BCUT2D eigenvalue weighted by molar-refractivity contribution is 0.414. The number of aromatic nitrogens is 3. The molecule has 0 fully saturated rings. The van der Waals surface area contributed by atoms with Gasteiger partial charge in [-0.1, -0.05) is 53.2 Å². The van der Waals surface area contributed by atoms with Crippen LogP contribution in [0.15, 0.2) is 60.3 Å². The van der Waals surface area contributed by atoms with Gasteiger partial charge in [0.1, 0.15) is 5.75 Å². The predicted octanol–water partition coefficient (Wildman–Crippen LogP) is 5.74. The largest absolute Gasteiger partial charge is 0.497 e. The molecule has 0 aliphatic rings. The molecule has 1 aromatic heterocycles. The zero-order chi connectivity index (χ0) is 18.5. The van der Waals surface area contributed by atoms with Crippen LogP contribution in [0.4, 0.5) is 0 Å². The fraction of sp³-hybridized carbons (Fsp3) is 0.158. The first-order valence-electron chi connectivity index (χ1n) is 7.87. The molecular weight excluding hydrogens is 389 g/mol. The maximum atomic E-state index is 6.34. The third kappa shape index (κ3) is 4.23. The van der Waals surface area contributed by atoms with Gasteiger partial charge in [0.15, 0.2) is 11.0 Å². The van der Waals surface area contributed by atoms with E-state index in [-0.39, 0.29) is 0 Å². The van der Waals surface area contributed by atoms with Crippen LogP contribution in [0.2, 0.25) is 10.0 Å². The van der Waals surface area contributed by atoms with Gasteiger partial charge in [0.05, 0.1) is 12.1 Å². The van der Waals surface area contributed by atoms with Crippen molar-refractivity contribution in [2.75, 3.05) is 7.11 Å². The first-order chi connectivity index (χ1) is 12.6. The van der Waals surface area contributed by atoms with E-state index in [1.165, 1.54) is 0 Å². The van der Waals surface area contributed by atoms with Gasteiger partial charge in [0.2, 0.25) is 0 Å². The van der Waals surface area contributed by atoms with Gasteiger partial charge in [0, 0.05) is 22.9 Å². The third-order valence-corrected chi connectivity index (χ3v) is 5.29. The molecule has 7 heteroatoms. The smallest absolute Gasteiger partial charge is 0.192 e. The SMILES string of the molecule is C=CCn1c(SCc2cccc(OC)c2)nnc1-c1ccc(Cl)cc1Cl. The van der Waals surface area contributed by atoms with E-state index in [4.69, 9.17) is 27.9 Å². The molecule has 2 aromatic carbocycles. The molecule has 134 valence electrons. The summed E-state index contributed by atoms with van der Waals surface area (Å²) in [6.07, 6.45) is 1.81. The summed E-state index contributed by atoms with van der Waals surface area (Å²) in [6.45, 7) is 4.42. The molecule has 1 heterocycles. The molecule has 0 N–H and O–H groups in total. The second kappa shape index (κ2) is 8.62. The Morgan fingerprint density at radius 3 is 2.77 bits per heavy atom. The topological polar surface area (TPSA) is 39.9 Å². The highest BCUT2D eigenvalue weighted by Crippen LogP contribution is 2.32. The molecule has 0 bridgehead atoms. The minimum absolute atomic E-state index is 0.541. The molecule has 0 aliphatic carbocycles. The van der Waals surface area contributed by atoms with Crippen molar-refractivity contribution in [3.63, 3.8) is 0 Å². The summed E-state index contributed by atoms with van der Waals surface area (Å²) in [7, 11) is 1.66. The van der Waals surface area contributed by atoms with E-state index in [0.29, 0.717) is 22.4 Å². The van der Waals surface area contributed by atoms with Crippen LogP contribution in [-0.2, 0) is 12.3 Å². The number of thioether (sulfide) groups is 1. The molecule has 0 amide bonds. The Morgan fingerprint density at radius 1 is 1.19 bits per heavy atom. The summed E-state index contributed by atoms with van der Waals surface area (Å²) < 4.78 is 7.27. The molecule has 0 spiro atoms. The third-order valence-electron chi connectivity index (χ3n) is 3.70. The summed E-state index contributed by atoms with van der Waals surface area (Å²) in [5, 5.41) is 10.6. The number of ether oxygens (including phenoxy) is 1. The molecule has 3 aromatic rings. The maximum absolute atomic E-state index is 6.34. The molecule has 4 nitrogen and oxygen atoms in total. The summed E-state index contributed by atoms with van der Waals surface area (Å²) in [4.78, 5) is 0. The summed E-state index contributed by atoms with van der Waals surface area (Å²) in [5.41, 5.74) is 1.94. The molecule has 3 rings (SSSR count). The maximum Gasteiger partial charge on any atom is 0.192 e. The number of nitrogens with zero attached hydrogens (tertiary/aromatic N) is 3. The normalized spacial score (nSPS) is 10.7. The highest BCUT2D eigenvalue weighted by atomic mass is 35.5. The molecule has 0 saturated carbocycles. The van der Waals surface area contributed by atoms with Gasteiger partial charge in [-0.25, -0.2) is 0 Å². The number of hydrogen-bond acceptors (Lipinski definition) is 4. The molecule has 0 radical (unpaired) electrons. The van der Waals surface area contributed by atoms with Gasteiger partial charge in [-0.15, -0.1) is 16.8 Å². The number of allylic oxidation sites excluding steroid dienone is 1. The number of hydrogen-bond donors (Lipinski definition) is 0. The van der Waals surface area contributed by atoms with E-state index in [0.717, 1.165) is 27.8 Å². The van der Waals surface area contributed by atoms with Gasteiger partial charge >= 0.3 is 0 Å². The molecule has 0 saturated heterocycles. The van der Waals surface area contributed by atoms with E-state index in [1.54, 1.807) is 31.0 Å². The summed E-state index contributed by atoms with van der Waals surface area (Å²) in [6, 6.07) is 13.3. The van der Waals surface area contributed by atoms with Crippen molar-refractivity contribution in [2.45, 2.75) is 17.5 Å². The Labute approximate surface area is 166 Å². The first-order valence-corrected chi connectivity index (χ1v) is 9.61. The Bertz CT molecular complexity index is 927. The van der Waals surface area contributed by atoms with Crippen molar-refractivity contribution in [1.82, 2.24) is 14.8 Å². The van der Waals surface area contributed by atoms with Crippen molar-refractivity contribution in [2.24, 2.45) is 0 Å². The van der Waals surface area contributed by atoms with Crippen LogP contribution in [0.25, 0.3) is 11.4 Å². The average molecular weight is 406 g/mol. The minimum Gasteiger partial charge on any atom is -0.497 e. The highest BCUT2D eigenvalue weighted by Gasteiger charge is 2.16. The zero-order valence-corrected chi connectivity index (χ0v) is 16.5. The lowest BCUT2D eigenvalue weighted by Crippen LogP contribution is -2.01. The number of rotatable bonds is 7. The fourth-order valence-corrected chi connectivity index (χ4v) is 3.85. The van der Waals surface area contributed by atoms with Crippen molar-refractivity contribution in [1.29, 1.82) is 0 Å². The Morgan fingerprint density at radius 2 is 2.04 bits per heavy atom. The van der Waals surface area contributed by atoms with Gasteiger partial charge in [-0.3, -0.25) is 4.57 Å². The van der Waals surface area contributed by atoms with Crippen LogP contribution in [0.3, 0.4) is 0 Å². The monoisotopic (exact) mass is 405 g/mol. The number of halogens is 2. The standard InChI is InChI=1S/C19H17Cl2N3OS/c1-3-9-24-18(16-8-7-14(20)11-17(16)21)22-23-19(24)26-12-13-5-4-6-15(10-13)25-2/h3-8,10-11H,1,9,12H2,2H3. The van der Waals surface area contributed by atoms with Crippen LogP contribution in [-0.4, -0.2) is 21.9 Å². The van der Waals surface area contributed by atoms with Gasteiger partial charge in [-0.2, -0.15) is 0 Å². The molecular formula is C19H17Cl2N3OS. The van der Waals surface area contributed by atoms with E-state index in [1.807, 2.05) is 34.9 Å². The Hall–Kier alpha value is -1.95. The van der Waals surface area contributed by atoms with Crippen LogP contribution >= 0.6 is 35.0 Å². The zero-order valence-electron chi connectivity index (χ0n) is 14.2. The van der Waals surface area contributed by atoms with E-state index < -0.39 is 0 Å². The summed E-state index contributed by atoms with van der Waals surface area (Å²) >= 11 is 13.9.